The van der Waals surface area contributed by atoms with E-state index in [1.54, 1.807) is 34.6 Å². The van der Waals surface area contributed by atoms with Crippen molar-refractivity contribution in [1.29, 1.82) is 0 Å². The van der Waals surface area contributed by atoms with Crippen LogP contribution in [0.3, 0.4) is 0 Å². The van der Waals surface area contributed by atoms with Gasteiger partial charge in [0, 0.05) is 7.05 Å². The average Bonchev–Trinajstić information content (AvgIpc) is 2.82. The first-order chi connectivity index (χ1) is 17.1. The predicted octanol–water partition coefficient (Wildman–Crippen LogP) is 0.0146. The number of H-pyrrole nitrogens is 1. The number of amides is 3. The highest BCUT2D eigenvalue weighted by Gasteiger charge is 2.41. The quantitative estimate of drug-likeness (QED) is 0.179. The van der Waals surface area contributed by atoms with Gasteiger partial charge in [0.1, 0.15) is 17.0 Å². The highest BCUT2D eigenvalue weighted by molar-refractivity contribution is 7.89. The van der Waals surface area contributed by atoms with Gasteiger partial charge in [-0.2, -0.15) is 4.72 Å². The van der Waals surface area contributed by atoms with Crippen molar-refractivity contribution in [2.24, 2.45) is 17.3 Å². The SMILES string of the molecule is CNC(=O)[C@@H](NC(=O)[C@H](CC(C)C)[C@H](NS(=O)(=O)c1cccc2c(=O)[nH]cnc12)C(=O)NO)C(C)(C)C. The predicted molar refractivity (Wildman–Crippen MR) is 135 cm³/mol. The van der Waals surface area contributed by atoms with Crippen molar-refractivity contribution >= 4 is 38.6 Å². The van der Waals surface area contributed by atoms with Crippen LogP contribution in [0.1, 0.15) is 41.0 Å². The van der Waals surface area contributed by atoms with E-state index in [1.807, 2.05) is 0 Å². The molecule has 3 amide bonds. The van der Waals surface area contributed by atoms with Crippen LogP contribution in [-0.4, -0.2) is 60.4 Å². The first kappa shape index (κ1) is 29.9. The molecule has 0 fully saturated rings. The van der Waals surface area contributed by atoms with E-state index in [1.165, 1.54) is 30.7 Å². The largest absolute Gasteiger partial charge is 0.357 e. The summed E-state index contributed by atoms with van der Waals surface area (Å²) in [7, 11) is -3.13. The lowest BCUT2D eigenvalue weighted by Crippen LogP contribution is -2.59. The molecule has 14 heteroatoms. The minimum absolute atomic E-state index is 0.00334. The van der Waals surface area contributed by atoms with Gasteiger partial charge >= 0.3 is 0 Å². The lowest BCUT2D eigenvalue weighted by molar-refractivity contribution is -0.139. The normalized spacial score (nSPS) is 14.6. The number of aromatic nitrogens is 2. The Balaban J connectivity index is 2.56. The van der Waals surface area contributed by atoms with Gasteiger partial charge in [0.05, 0.1) is 23.1 Å². The maximum atomic E-state index is 13.5. The number of likely N-dealkylation sites (N-methyl/N-ethyl adjacent to an activating group) is 1. The number of hydrogen-bond acceptors (Lipinski definition) is 8. The van der Waals surface area contributed by atoms with Crippen molar-refractivity contribution in [2.75, 3.05) is 7.05 Å². The van der Waals surface area contributed by atoms with Crippen molar-refractivity contribution in [3.63, 3.8) is 0 Å². The van der Waals surface area contributed by atoms with Crippen LogP contribution >= 0.6 is 0 Å². The molecular formula is C23H34N6O7S. The Hall–Kier alpha value is -3.36. The van der Waals surface area contributed by atoms with Gasteiger partial charge in [-0.15, -0.1) is 0 Å². The third kappa shape index (κ3) is 7.11. The van der Waals surface area contributed by atoms with Crippen molar-refractivity contribution < 1.29 is 28.0 Å². The molecule has 0 unspecified atom stereocenters. The van der Waals surface area contributed by atoms with E-state index in [0.29, 0.717) is 0 Å². The Morgan fingerprint density at radius 3 is 2.30 bits per heavy atom. The van der Waals surface area contributed by atoms with Crippen molar-refractivity contribution in [1.82, 2.24) is 30.8 Å². The maximum absolute atomic E-state index is 13.5. The molecule has 0 aliphatic rings. The van der Waals surface area contributed by atoms with Gasteiger partial charge in [-0.05, 0) is 29.9 Å². The summed E-state index contributed by atoms with van der Waals surface area (Å²) in [6.45, 7) is 8.74. The number of sulfonamides is 1. The van der Waals surface area contributed by atoms with E-state index in [2.05, 4.69) is 25.3 Å². The van der Waals surface area contributed by atoms with E-state index in [4.69, 9.17) is 0 Å². The lowest BCUT2D eigenvalue weighted by atomic mass is 9.84. The number of carbonyl (C=O) groups is 3. The number of para-hydroxylation sites is 1. The fraction of sp³-hybridized carbons (Fsp3) is 0.522. The molecule has 3 atom stereocenters. The summed E-state index contributed by atoms with van der Waals surface area (Å²) in [5.41, 5.74) is -0.00190. The number of hydrogen-bond donors (Lipinski definition) is 6. The third-order valence-electron chi connectivity index (χ3n) is 5.72. The number of rotatable bonds is 10. The Bertz CT molecular complexity index is 1320. The summed E-state index contributed by atoms with van der Waals surface area (Å²) >= 11 is 0. The van der Waals surface area contributed by atoms with Crippen molar-refractivity contribution in [2.45, 2.75) is 58.0 Å². The zero-order valence-electron chi connectivity index (χ0n) is 21.6. The van der Waals surface area contributed by atoms with Crippen LogP contribution in [0.15, 0.2) is 34.2 Å². The maximum Gasteiger partial charge on any atom is 0.262 e. The van der Waals surface area contributed by atoms with Crippen LogP contribution in [0.5, 0.6) is 0 Å². The number of aromatic amines is 1. The minimum atomic E-state index is -4.55. The zero-order chi connectivity index (χ0) is 28.1. The molecule has 0 bridgehead atoms. The molecule has 1 heterocycles. The second-order valence-corrected chi connectivity index (χ2v) is 11.8. The molecule has 13 nitrogen and oxygen atoms in total. The Morgan fingerprint density at radius 2 is 1.76 bits per heavy atom. The first-order valence-electron chi connectivity index (χ1n) is 11.6. The van der Waals surface area contributed by atoms with Crippen LogP contribution in [0.25, 0.3) is 10.9 Å². The molecule has 6 N–H and O–H groups in total. The highest BCUT2D eigenvalue weighted by atomic mass is 32.2. The molecule has 0 saturated carbocycles. The average molecular weight is 539 g/mol. The lowest BCUT2D eigenvalue weighted by Gasteiger charge is -2.33. The topological polar surface area (TPSA) is 199 Å². The molecule has 37 heavy (non-hydrogen) atoms. The molecule has 0 radical (unpaired) electrons. The molecule has 1 aromatic carbocycles. The van der Waals surface area contributed by atoms with Crippen molar-refractivity contribution in [3.8, 4) is 0 Å². The van der Waals surface area contributed by atoms with Crippen LogP contribution in [0.4, 0.5) is 0 Å². The number of nitrogens with one attached hydrogen (secondary N) is 5. The summed E-state index contributed by atoms with van der Waals surface area (Å²) in [5.74, 6) is -3.91. The second-order valence-electron chi connectivity index (χ2n) is 10.1. The summed E-state index contributed by atoms with van der Waals surface area (Å²) in [5, 5.41) is 14.5. The third-order valence-corrected chi connectivity index (χ3v) is 7.20. The summed E-state index contributed by atoms with van der Waals surface area (Å²) in [6.07, 6.45) is 1.08. The van der Waals surface area contributed by atoms with Gasteiger partial charge in [0.15, 0.2) is 0 Å². The number of nitrogens with zero attached hydrogens (tertiary/aromatic N) is 1. The fourth-order valence-electron chi connectivity index (χ4n) is 3.88. The van der Waals surface area contributed by atoms with E-state index in [-0.39, 0.29) is 23.2 Å². The van der Waals surface area contributed by atoms with E-state index in [0.717, 1.165) is 6.33 Å². The van der Waals surface area contributed by atoms with Gasteiger partial charge in [-0.3, -0.25) is 24.4 Å². The monoisotopic (exact) mass is 538 g/mol. The van der Waals surface area contributed by atoms with Crippen LogP contribution < -0.4 is 26.4 Å². The molecular weight excluding hydrogens is 504 g/mol. The van der Waals surface area contributed by atoms with E-state index in [9.17, 15) is 32.8 Å². The van der Waals surface area contributed by atoms with Crippen LogP contribution in [-0.2, 0) is 24.4 Å². The van der Waals surface area contributed by atoms with Crippen LogP contribution in [0.2, 0.25) is 0 Å². The molecule has 2 aromatic rings. The van der Waals surface area contributed by atoms with Crippen LogP contribution in [0, 0.1) is 17.3 Å². The molecule has 0 aliphatic heterocycles. The smallest absolute Gasteiger partial charge is 0.262 e. The zero-order valence-corrected chi connectivity index (χ0v) is 22.4. The second kappa shape index (κ2) is 11.8. The Kier molecular flexibility index (Phi) is 9.52. The summed E-state index contributed by atoms with van der Waals surface area (Å²) < 4.78 is 29.0. The molecule has 0 spiro atoms. The number of fused-ring (bicyclic) bond motifs is 1. The van der Waals surface area contributed by atoms with Gasteiger partial charge in [0.2, 0.25) is 21.8 Å². The number of hydroxylamine groups is 1. The number of benzene rings is 1. The highest BCUT2D eigenvalue weighted by Crippen LogP contribution is 2.24. The molecule has 0 aliphatic carbocycles. The van der Waals surface area contributed by atoms with E-state index < -0.39 is 61.6 Å². The van der Waals surface area contributed by atoms with Gasteiger partial charge in [-0.25, -0.2) is 18.9 Å². The number of carbonyl (C=O) groups excluding carboxylic acids is 3. The van der Waals surface area contributed by atoms with Gasteiger partial charge < -0.3 is 15.6 Å². The van der Waals surface area contributed by atoms with E-state index >= 15 is 0 Å². The Morgan fingerprint density at radius 1 is 1.11 bits per heavy atom. The van der Waals surface area contributed by atoms with Crippen molar-refractivity contribution in [3.05, 3.63) is 34.9 Å². The first-order valence-corrected chi connectivity index (χ1v) is 13.1. The summed E-state index contributed by atoms with van der Waals surface area (Å²) in [4.78, 5) is 56.7. The minimum Gasteiger partial charge on any atom is -0.357 e. The van der Waals surface area contributed by atoms with Gasteiger partial charge in [-0.1, -0.05) is 40.7 Å². The fourth-order valence-corrected chi connectivity index (χ4v) is 5.29. The Labute approximate surface area is 214 Å². The molecule has 0 saturated heterocycles. The molecule has 2 rings (SSSR count). The standard InChI is InChI=1S/C23H34N6O7S/c1-12(2)10-14(20(31)27-18(22(33)24-6)23(3,4)5)17(21(32)28-34)29-37(35,36)15-9-7-8-13-16(15)25-11-26-19(13)30/h7-9,11-12,14,17-18,29,34H,10H2,1-6H3,(H,24,33)(H,27,31)(H,28,32)(H,25,26,30)/t14-,17+,18-/m1/s1. The summed E-state index contributed by atoms with van der Waals surface area (Å²) in [6, 6.07) is 1.16. The van der Waals surface area contributed by atoms with Gasteiger partial charge in [0.25, 0.3) is 11.5 Å². The molecule has 1 aromatic heterocycles. The molecule has 204 valence electrons.